The first kappa shape index (κ1) is 6.65. The lowest BCUT2D eigenvalue weighted by molar-refractivity contribution is 0.473. The Kier molecular flexibility index (Phi) is 1.34. The highest BCUT2D eigenvalue weighted by atomic mass is 15.3. The lowest BCUT2D eigenvalue weighted by atomic mass is 10.2. The predicted octanol–water partition coefficient (Wildman–Crippen LogP) is 1.72. The molecule has 0 saturated carbocycles. The Morgan fingerprint density at radius 2 is 2.27 bits per heavy atom. The molecule has 0 amide bonds. The maximum Gasteiger partial charge on any atom is 0.128 e. The third-order valence-electron chi connectivity index (χ3n) is 2.18. The average molecular weight is 147 g/mol. The summed E-state index contributed by atoms with van der Waals surface area (Å²) < 4.78 is 0. The van der Waals surface area contributed by atoms with E-state index in [0.717, 1.165) is 5.84 Å². The second kappa shape index (κ2) is 2.22. The average Bonchev–Trinajstić information content (AvgIpc) is 2.30. The van der Waals surface area contributed by atoms with Crippen LogP contribution in [0.5, 0.6) is 0 Å². The fourth-order valence-corrected chi connectivity index (χ4v) is 1.34. The first-order chi connectivity index (χ1) is 5.29. The maximum atomic E-state index is 4.41. The Hall–Kier alpha value is -1.05. The van der Waals surface area contributed by atoms with Gasteiger partial charge in [-0.2, -0.15) is 0 Å². The summed E-state index contributed by atoms with van der Waals surface area (Å²) >= 11 is 0. The summed E-state index contributed by atoms with van der Waals surface area (Å²) in [5.41, 5.74) is 0. The Morgan fingerprint density at radius 1 is 1.45 bits per heavy atom. The minimum atomic E-state index is 0.436. The van der Waals surface area contributed by atoms with Gasteiger partial charge in [0.05, 0.1) is 6.04 Å². The van der Waals surface area contributed by atoms with Gasteiger partial charge in [0.15, 0.2) is 0 Å². The van der Waals surface area contributed by atoms with E-state index in [-0.39, 0.29) is 0 Å². The Bertz CT molecular complexity index is 250. The predicted molar refractivity (Wildman–Crippen MR) is 45.9 cm³/mol. The number of fused-ring (bicyclic) bond motifs is 1. The van der Waals surface area contributed by atoms with Gasteiger partial charge in [-0.25, -0.2) is 0 Å². The van der Waals surface area contributed by atoms with Crippen molar-refractivity contribution in [2.75, 3.05) is 0 Å². The third-order valence-corrected chi connectivity index (χ3v) is 2.18. The van der Waals surface area contributed by atoms with Gasteiger partial charge in [-0.1, -0.05) is 6.08 Å². The number of nitrogens with zero attached hydrogens (tertiary/aromatic N) is 2. The third kappa shape index (κ3) is 0.897. The molecule has 1 unspecified atom stereocenters. The van der Waals surface area contributed by atoms with Gasteiger partial charge in [0.25, 0.3) is 0 Å². The summed E-state index contributed by atoms with van der Waals surface area (Å²) in [7, 11) is 0. The molecule has 0 fully saturated rings. The number of amidine groups is 1. The molecular weight excluding hydrogens is 136 g/mol. The second-order valence-electron chi connectivity index (χ2n) is 2.90. The van der Waals surface area contributed by atoms with E-state index in [1.54, 1.807) is 0 Å². The van der Waals surface area contributed by atoms with E-state index in [2.05, 4.69) is 29.9 Å². The lowest BCUT2D eigenvalue weighted by Gasteiger charge is -2.22. The number of allylic oxidation sites excluding steroid dienone is 2. The van der Waals surface area contributed by atoms with E-state index in [4.69, 9.17) is 0 Å². The van der Waals surface area contributed by atoms with Crippen molar-refractivity contribution in [3.63, 3.8) is 0 Å². The Labute approximate surface area is 66.9 Å². The van der Waals surface area contributed by atoms with Crippen LogP contribution in [-0.2, 0) is 0 Å². The van der Waals surface area contributed by atoms with Gasteiger partial charge >= 0.3 is 0 Å². The van der Waals surface area contributed by atoms with Gasteiger partial charge < -0.3 is 4.90 Å². The van der Waals surface area contributed by atoms with E-state index in [1.807, 2.05) is 18.2 Å². The van der Waals surface area contributed by atoms with Crippen molar-refractivity contribution in [2.24, 2.45) is 4.99 Å². The van der Waals surface area contributed by atoms with E-state index >= 15 is 0 Å². The van der Waals surface area contributed by atoms with Crippen molar-refractivity contribution >= 4 is 5.84 Å². The topological polar surface area (TPSA) is 15.6 Å². The highest BCUT2D eigenvalue weighted by Gasteiger charge is 2.28. The summed E-state index contributed by atoms with van der Waals surface area (Å²) in [6, 6.07) is 1.63. The van der Waals surface area contributed by atoms with Gasteiger partial charge in [-0.15, -0.1) is 0 Å². The molecule has 0 aromatic carbocycles. The van der Waals surface area contributed by atoms with Crippen LogP contribution in [0.1, 0.15) is 13.8 Å². The van der Waals surface area contributed by atoms with Gasteiger partial charge in [-0.3, -0.25) is 4.99 Å². The molecule has 0 aromatic rings. The molecule has 2 heteroatoms. The van der Waals surface area contributed by atoms with Crippen LogP contribution in [0.4, 0.5) is 0 Å². The maximum absolute atomic E-state index is 4.41. The molecule has 2 aliphatic rings. The molecular formula is C9H11N2. The number of rotatable bonds is 0. The first-order valence-electron chi connectivity index (χ1n) is 3.84. The summed E-state index contributed by atoms with van der Waals surface area (Å²) in [5, 5.41) is 0. The van der Waals surface area contributed by atoms with Crippen molar-refractivity contribution in [1.29, 1.82) is 0 Å². The second-order valence-corrected chi connectivity index (χ2v) is 2.90. The molecule has 0 saturated heterocycles. The molecule has 2 rings (SSSR count). The highest BCUT2D eigenvalue weighted by Crippen LogP contribution is 2.25. The molecule has 2 aliphatic heterocycles. The van der Waals surface area contributed by atoms with E-state index in [0.29, 0.717) is 6.04 Å². The fourth-order valence-electron chi connectivity index (χ4n) is 1.34. The quantitative estimate of drug-likeness (QED) is 0.509. The lowest BCUT2D eigenvalue weighted by Crippen LogP contribution is -2.29. The van der Waals surface area contributed by atoms with Gasteiger partial charge in [0.2, 0.25) is 0 Å². The SMILES string of the molecule is C[C]1N=C2C=CC=CN2C1C. The molecule has 0 aliphatic carbocycles. The molecule has 0 spiro atoms. The zero-order valence-corrected chi connectivity index (χ0v) is 6.78. The van der Waals surface area contributed by atoms with E-state index < -0.39 is 0 Å². The van der Waals surface area contributed by atoms with Crippen LogP contribution in [0.3, 0.4) is 0 Å². The van der Waals surface area contributed by atoms with Crippen molar-refractivity contribution in [2.45, 2.75) is 19.9 Å². The first-order valence-corrected chi connectivity index (χ1v) is 3.84. The molecule has 0 aromatic heterocycles. The minimum Gasteiger partial charge on any atom is -0.328 e. The minimum absolute atomic E-state index is 0.436. The summed E-state index contributed by atoms with van der Waals surface area (Å²) in [6.07, 6.45) is 8.15. The summed E-state index contributed by atoms with van der Waals surface area (Å²) in [5.74, 6) is 1.07. The molecule has 0 N–H and O–H groups in total. The van der Waals surface area contributed by atoms with Crippen LogP contribution < -0.4 is 0 Å². The fraction of sp³-hybridized carbons (Fsp3) is 0.333. The molecule has 2 nitrogen and oxygen atoms in total. The Morgan fingerprint density at radius 3 is 3.00 bits per heavy atom. The smallest absolute Gasteiger partial charge is 0.128 e. The van der Waals surface area contributed by atoms with Gasteiger partial charge in [0.1, 0.15) is 11.9 Å². The zero-order chi connectivity index (χ0) is 7.84. The largest absolute Gasteiger partial charge is 0.328 e. The van der Waals surface area contributed by atoms with Gasteiger partial charge in [0, 0.05) is 6.20 Å². The molecule has 57 valence electrons. The standard InChI is InChI=1S/C9H11N2/c1-7-8(2)11-6-4-3-5-9(11)10-7/h3-6,8H,1-2H3. The highest BCUT2D eigenvalue weighted by molar-refractivity contribution is 5.97. The van der Waals surface area contributed by atoms with Crippen LogP contribution in [0.15, 0.2) is 29.4 Å². The number of aliphatic imine (C=N–C) groups is 1. The summed E-state index contributed by atoms with van der Waals surface area (Å²) in [4.78, 5) is 6.59. The number of hydrogen-bond acceptors (Lipinski definition) is 2. The van der Waals surface area contributed by atoms with E-state index in [9.17, 15) is 0 Å². The van der Waals surface area contributed by atoms with Crippen LogP contribution >= 0.6 is 0 Å². The van der Waals surface area contributed by atoms with Crippen molar-refractivity contribution in [1.82, 2.24) is 4.90 Å². The summed E-state index contributed by atoms with van der Waals surface area (Å²) in [6.45, 7) is 4.23. The van der Waals surface area contributed by atoms with E-state index in [1.165, 1.54) is 6.04 Å². The van der Waals surface area contributed by atoms with Crippen molar-refractivity contribution in [3.05, 3.63) is 30.5 Å². The van der Waals surface area contributed by atoms with Crippen LogP contribution in [0.25, 0.3) is 0 Å². The molecule has 0 bridgehead atoms. The normalized spacial score (nSPS) is 29.1. The number of hydrogen-bond donors (Lipinski definition) is 0. The monoisotopic (exact) mass is 147 g/mol. The van der Waals surface area contributed by atoms with Crippen molar-refractivity contribution in [3.8, 4) is 0 Å². The molecule has 1 atom stereocenters. The van der Waals surface area contributed by atoms with Crippen LogP contribution in [0, 0.1) is 6.04 Å². The molecule has 1 radical (unpaired) electrons. The Balaban J connectivity index is 2.32. The van der Waals surface area contributed by atoms with Gasteiger partial charge in [-0.05, 0) is 26.0 Å². The zero-order valence-electron chi connectivity index (χ0n) is 6.78. The van der Waals surface area contributed by atoms with Crippen molar-refractivity contribution < 1.29 is 0 Å². The molecule has 11 heavy (non-hydrogen) atoms. The van der Waals surface area contributed by atoms with Crippen LogP contribution in [-0.4, -0.2) is 16.8 Å². The molecule has 2 heterocycles. The van der Waals surface area contributed by atoms with Crippen LogP contribution in [0.2, 0.25) is 0 Å².